The van der Waals surface area contributed by atoms with Crippen molar-refractivity contribution in [3.05, 3.63) is 24.0 Å². The zero-order valence-corrected chi connectivity index (χ0v) is 10.7. The van der Waals surface area contributed by atoms with E-state index in [1.165, 1.54) is 38.5 Å². The van der Waals surface area contributed by atoms with Gasteiger partial charge >= 0.3 is 0 Å². The van der Waals surface area contributed by atoms with Gasteiger partial charge in [0, 0.05) is 12.0 Å². The van der Waals surface area contributed by atoms with E-state index < -0.39 is 0 Å². The Kier molecular flexibility index (Phi) is 4.18. The topological polar surface area (TPSA) is 47.6 Å². The maximum absolute atomic E-state index is 13.1. The second kappa shape index (κ2) is 5.85. The standard InChI is InChI=1S/C14H19FN2O/c1-18-13-9-11(15)7-8-12(13)17-14(16)10-5-3-2-4-6-10/h7-10H,2-6H2,1H3,(H2,16,17). The van der Waals surface area contributed by atoms with Crippen LogP contribution in [0.25, 0.3) is 0 Å². The van der Waals surface area contributed by atoms with Crippen LogP contribution >= 0.6 is 0 Å². The van der Waals surface area contributed by atoms with Crippen molar-refractivity contribution in [2.24, 2.45) is 16.6 Å². The molecule has 0 saturated heterocycles. The van der Waals surface area contributed by atoms with Crippen LogP contribution in [0.1, 0.15) is 32.1 Å². The largest absolute Gasteiger partial charge is 0.494 e. The van der Waals surface area contributed by atoms with E-state index >= 15 is 0 Å². The molecule has 0 unspecified atom stereocenters. The Hall–Kier alpha value is -1.58. The fourth-order valence-electron chi connectivity index (χ4n) is 2.37. The first-order valence-corrected chi connectivity index (χ1v) is 6.38. The molecule has 1 aromatic carbocycles. The lowest BCUT2D eigenvalue weighted by atomic mass is 9.88. The number of aliphatic imine (C=N–C) groups is 1. The summed E-state index contributed by atoms with van der Waals surface area (Å²) in [7, 11) is 1.50. The van der Waals surface area contributed by atoms with Crippen molar-refractivity contribution in [2.45, 2.75) is 32.1 Å². The molecule has 0 bridgehead atoms. The lowest BCUT2D eigenvalue weighted by Crippen LogP contribution is -2.25. The molecule has 1 fully saturated rings. The quantitative estimate of drug-likeness (QED) is 0.660. The summed E-state index contributed by atoms with van der Waals surface area (Å²) in [5.41, 5.74) is 6.64. The van der Waals surface area contributed by atoms with Crippen LogP contribution in [-0.2, 0) is 0 Å². The summed E-state index contributed by atoms with van der Waals surface area (Å²) in [5.74, 6) is 1.09. The molecular weight excluding hydrogens is 231 g/mol. The molecule has 98 valence electrons. The Morgan fingerprint density at radius 1 is 1.33 bits per heavy atom. The Labute approximate surface area is 107 Å². The summed E-state index contributed by atoms with van der Waals surface area (Å²) in [6.45, 7) is 0. The second-order valence-electron chi connectivity index (χ2n) is 4.69. The molecule has 0 heterocycles. The van der Waals surface area contributed by atoms with Crippen LogP contribution in [0.4, 0.5) is 10.1 Å². The SMILES string of the molecule is COc1cc(F)ccc1N=C(N)C1CCCCC1. The van der Waals surface area contributed by atoms with E-state index in [1.54, 1.807) is 6.07 Å². The highest BCUT2D eigenvalue weighted by molar-refractivity contribution is 5.86. The number of nitrogens with two attached hydrogens (primary N) is 1. The van der Waals surface area contributed by atoms with E-state index in [2.05, 4.69) is 4.99 Å². The summed E-state index contributed by atoms with van der Waals surface area (Å²) in [5, 5.41) is 0. The molecule has 0 radical (unpaired) electrons. The van der Waals surface area contributed by atoms with Gasteiger partial charge in [-0.15, -0.1) is 0 Å². The van der Waals surface area contributed by atoms with Gasteiger partial charge in [0.15, 0.2) is 0 Å². The highest BCUT2D eigenvalue weighted by atomic mass is 19.1. The Balaban J connectivity index is 2.20. The summed E-state index contributed by atoms with van der Waals surface area (Å²) in [6, 6.07) is 4.30. The molecule has 2 N–H and O–H groups in total. The van der Waals surface area contributed by atoms with E-state index in [0.29, 0.717) is 23.2 Å². The van der Waals surface area contributed by atoms with Crippen molar-refractivity contribution in [2.75, 3.05) is 7.11 Å². The molecule has 18 heavy (non-hydrogen) atoms. The molecule has 0 atom stereocenters. The molecule has 1 aliphatic rings. The fourth-order valence-corrected chi connectivity index (χ4v) is 2.37. The lowest BCUT2D eigenvalue weighted by Gasteiger charge is -2.21. The molecule has 1 aliphatic carbocycles. The molecule has 3 nitrogen and oxygen atoms in total. The predicted octanol–water partition coefficient (Wildman–Crippen LogP) is 3.40. The first kappa shape index (κ1) is 12.9. The summed E-state index contributed by atoms with van der Waals surface area (Å²) in [6.07, 6.45) is 5.89. The number of amidine groups is 1. The zero-order chi connectivity index (χ0) is 13.0. The molecule has 0 spiro atoms. The van der Waals surface area contributed by atoms with Crippen LogP contribution in [0, 0.1) is 11.7 Å². The third-order valence-electron chi connectivity index (χ3n) is 3.41. The van der Waals surface area contributed by atoms with E-state index in [-0.39, 0.29) is 5.82 Å². The minimum atomic E-state index is -0.331. The van der Waals surface area contributed by atoms with Crippen molar-refractivity contribution in [1.82, 2.24) is 0 Å². The van der Waals surface area contributed by atoms with Crippen molar-refractivity contribution in [3.63, 3.8) is 0 Å². The van der Waals surface area contributed by atoms with Crippen molar-refractivity contribution in [1.29, 1.82) is 0 Å². The summed E-state index contributed by atoms with van der Waals surface area (Å²) < 4.78 is 18.2. The van der Waals surface area contributed by atoms with E-state index in [0.717, 1.165) is 12.8 Å². The van der Waals surface area contributed by atoms with Gasteiger partial charge in [0.2, 0.25) is 0 Å². The van der Waals surface area contributed by atoms with Crippen molar-refractivity contribution < 1.29 is 9.13 Å². The average molecular weight is 250 g/mol. The Morgan fingerprint density at radius 2 is 2.06 bits per heavy atom. The number of rotatable bonds is 3. The minimum Gasteiger partial charge on any atom is -0.494 e. The van der Waals surface area contributed by atoms with Crippen molar-refractivity contribution >= 4 is 11.5 Å². The number of halogens is 1. The molecular formula is C14H19FN2O. The number of methoxy groups -OCH3 is 1. The number of hydrogen-bond acceptors (Lipinski definition) is 2. The Morgan fingerprint density at radius 3 is 2.72 bits per heavy atom. The van der Waals surface area contributed by atoms with Gasteiger partial charge in [-0.25, -0.2) is 9.38 Å². The molecule has 1 saturated carbocycles. The Bertz CT molecular complexity index is 439. The van der Waals surface area contributed by atoms with Gasteiger partial charge in [0.25, 0.3) is 0 Å². The van der Waals surface area contributed by atoms with Crippen LogP contribution in [0.2, 0.25) is 0 Å². The molecule has 0 aliphatic heterocycles. The predicted molar refractivity (Wildman–Crippen MR) is 70.8 cm³/mol. The van der Waals surface area contributed by atoms with E-state index in [4.69, 9.17) is 10.5 Å². The smallest absolute Gasteiger partial charge is 0.147 e. The lowest BCUT2D eigenvalue weighted by molar-refractivity contribution is 0.412. The van der Waals surface area contributed by atoms with Crippen molar-refractivity contribution in [3.8, 4) is 5.75 Å². The molecule has 1 aromatic rings. The van der Waals surface area contributed by atoms with Gasteiger partial charge in [0.1, 0.15) is 23.1 Å². The van der Waals surface area contributed by atoms with Crippen LogP contribution in [0.15, 0.2) is 23.2 Å². The minimum absolute atomic E-state index is 0.331. The van der Waals surface area contributed by atoms with Crippen LogP contribution in [0.5, 0.6) is 5.75 Å². The maximum Gasteiger partial charge on any atom is 0.147 e. The van der Waals surface area contributed by atoms with E-state index in [9.17, 15) is 4.39 Å². The van der Waals surface area contributed by atoms with Gasteiger partial charge in [0.05, 0.1) is 7.11 Å². The number of nitrogens with zero attached hydrogens (tertiary/aromatic N) is 1. The molecule has 0 aromatic heterocycles. The normalized spacial score (nSPS) is 17.8. The van der Waals surface area contributed by atoms with Crippen LogP contribution in [-0.4, -0.2) is 12.9 Å². The summed E-state index contributed by atoms with van der Waals surface area (Å²) in [4.78, 5) is 4.40. The van der Waals surface area contributed by atoms with Gasteiger partial charge < -0.3 is 10.5 Å². The second-order valence-corrected chi connectivity index (χ2v) is 4.69. The summed E-state index contributed by atoms with van der Waals surface area (Å²) >= 11 is 0. The average Bonchev–Trinajstić information content (AvgIpc) is 2.41. The van der Waals surface area contributed by atoms with Gasteiger partial charge in [-0.2, -0.15) is 0 Å². The third-order valence-corrected chi connectivity index (χ3v) is 3.41. The van der Waals surface area contributed by atoms with E-state index in [1.807, 2.05) is 0 Å². The monoisotopic (exact) mass is 250 g/mol. The van der Waals surface area contributed by atoms with Gasteiger partial charge in [-0.05, 0) is 25.0 Å². The van der Waals surface area contributed by atoms with Gasteiger partial charge in [-0.3, -0.25) is 0 Å². The molecule has 4 heteroatoms. The van der Waals surface area contributed by atoms with Gasteiger partial charge in [-0.1, -0.05) is 19.3 Å². The third kappa shape index (κ3) is 3.00. The van der Waals surface area contributed by atoms with Crippen LogP contribution < -0.4 is 10.5 Å². The first-order chi connectivity index (χ1) is 8.70. The molecule has 2 rings (SSSR count). The molecule has 0 amide bonds. The maximum atomic E-state index is 13.1. The number of hydrogen-bond donors (Lipinski definition) is 1. The fraction of sp³-hybridized carbons (Fsp3) is 0.500. The number of benzene rings is 1. The highest BCUT2D eigenvalue weighted by Crippen LogP contribution is 2.30. The highest BCUT2D eigenvalue weighted by Gasteiger charge is 2.17. The zero-order valence-electron chi connectivity index (χ0n) is 10.7. The van der Waals surface area contributed by atoms with Crippen LogP contribution in [0.3, 0.4) is 0 Å². The number of ether oxygens (including phenoxy) is 1. The first-order valence-electron chi connectivity index (χ1n) is 6.38.